The maximum atomic E-state index is 12.2. The topological polar surface area (TPSA) is 98.2 Å². The first-order valence-corrected chi connectivity index (χ1v) is 6.14. The van der Waals surface area contributed by atoms with Crippen molar-refractivity contribution in [3.8, 4) is 0 Å². The van der Waals surface area contributed by atoms with Gasteiger partial charge in [-0.1, -0.05) is 30.3 Å². The number of nitrogens with two attached hydrogens (primary N) is 1. The van der Waals surface area contributed by atoms with E-state index in [4.69, 9.17) is 10.8 Å². The summed E-state index contributed by atoms with van der Waals surface area (Å²) < 4.78 is 1.36. The molecule has 20 heavy (non-hydrogen) atoms. The van der Waals surface area contributed by atoms with E-state index >= 15 is 0 Å². The van der Waals surface area contributed by atoms with E-state index in [1.54, 1.807) is 0 Å². The Balaban J connectivity index is 2.11. The molecule has 0 radical (unpaired) electrons. The van der Waals surface area contributed by atoms with Crippen molar-refractivity contribution in [1.82, 2.24) is 9.55 Å². The van der Waals surface area contributed by atoms with Crippen LogP contribution in [-0.2, 0) is 17.6 Å². The summed E-state index contributed by atoms with van der Waals surface area (Å²) in [6.45, 7) is 0. The number of benzene rings is 1. The molecule has 0 spiro atoms. The smallest absolute Gasteiger partial charge is 0.320 e. The van der Waals surface area contributed by atoms with E-state index in [0.717, 1.165) is 5.56 Å². The Morgan fingerprint density at radius 3 is 2.65 bits per heavy atom. The van der Waals surface area contributed by atoms with Gasteiger partial charge in [-0.3, -0.25) is 14.2 Å². The molecule has 6 heteroatoms. The van der Waals surface area contributed by atoms with E-state index in [0.29, 0.717) is 5.69 Å². The molecule has 0 fully saturated rings. The van der Waals surface area contributed by atoms with Gasteiger partial charge in [0.1, 0.15) is 12.4 Å². The Hall–Kier alpha value is -2.47. The molecule has 104 valence electrons. The fourth-order valence-electron chi connectivity index (χ4n) is 1.87. The highest BCUT2D eigenvalue weighted by Gasteiger charge is 2.17. The van der Waals surface area contributed by atoms with E-state index in [1.807, 2.05) is 30.3 Å². The lowest BCUT2D eigenvalue weighted by Gasteiger charge is -2.09. The van der Waals surface area contributed by atoms with Crippen LogP contribution in [0.15, 0.2) is 42.9 Å². The van der Waals surface area contributed by atoms with Crippen molar-refractivity contribution in [1.29, 1.82) is 0 Å². The van der Waals surface area contributed by atoms with Crippen molar-refractivity contribution in [3.63, 3.8) is 0 Å². The van der Waals surface area contributed by atoms with Crippen molar-refractivity contribution in [2.24, 2.45) is 5.73 Å². The van der Waals surface area contributed by atoms with Crippen LogP contribution in [0.4, 0.5) is 0 Å². The standard InChI is InChI=1S/C14H15N3O3/c15-12(14(19)20)7-11-8-16-9-17(11)13(18)6-10-4-2-1-3-5-10/h1-5,8-9,12H,6-7,15H2,(H,19,20)/t12-/m1/s1. The molecule has 0 saturated carbocycles. The summed E-state index contributed by atoms with van der Waals surface area (Å²) in [4.78, 5) is 26.8. The summed E-state index contributed by atoms with van der Waals surface area (Å²) >= 11 is 0. The van der Waals surface area contributed by atoms with Crippen LogP contribution in [0, 0.1) is 0 Å². The third kappa shape index (κ3) is 3.30. The number of carboxylic acids is 1. The summed E-state index contributed by atoms with van der Waals surface area (Å²) in [7, 11) is 0. The number of rotatable bonds is 5. The zero-order chi connectivity index (χ0) is 14.5. The quantitative estimate of drug-likeness (QED) is 0.836. The number of nitrogens with zero attached hydrogens (tertiary/aromatic N) is 2. The monoisotopic (exact) mass is 273 g/mol. The van der Waals surface area contributed by atoms with Gasteiger partial charge in [-0.25, -0.2) is 4.98 Å². The van der Waals surface area contributed by atoms with Gasteiger partial charge in [0, 0.05) is 18.3 Å². The lowest BCUT2D eigenvalue weighted by molar-refractivity contribution is -0.138. The van der Waals surface area contributed by atoms with Gasteiger partial charge in [-0.2, -0.15) is 0 Å². The van der Waals surface area contributed by atoms with Gasteiger partial charge >= 0.3 is 5.97 Å². The Labute approximate surface area is 115 Å². The molecule has 1 atom stereocenters. The molecule has 0 unspecified atom stereocenters. The summed E-state index contributed by atoms with van der Waals surface area (Å²) in [6.07, 6.45) is 3.14. The predicted molar refractivity (Wildman–Crippen MR) is 72.3 cm³/mol. The second-order valence-corrected chi connectivity index (χ2v) is 4.46. The van der Waals surface area contributed by atoms with Gasteiger partial charge in [0.25, 0.3) is 0 Å². The molecule has 1 aromatic heterocycles. The molecule has 0 aliphatic rings. The van der Waals surface area contributed by atoms with Crippen LogP contribution >= 0.6 is 0 Å². The fraction of sp³-hybridized carbons (Fsp3) is 0.214. The Bertz CT molecular complexity index is 607. The lowest BCUT2D eigenvalue weighted by Crippen LogP contribution is -2.33. The van der Waals surface area contributed by atoms with Crippen LogP contribution in [0.25, 0.3) is 0 Å². The fourth-order valence-corrected chi connectivity index (χ4v) is 1.87. The van der Waals surface area contributed by atoms with Crippen LogP contribution in [0.2, 0.25) is 0 Å². The molecule has 3 N–H and O–H groups in total. The minimum absolute atomic E-state index is 0.0653. The maximum Gasteiger partial charge on any atom is 0.320 e. The number of aliphatic carboxylic acids is 1. The third-order valence-electron chi connectivity index (χ3n) is 2.93. The van der Waals surface area contributed by atoms with E-state index in [-0.39, 0.29) is 18.7 Å². The molecule has 0 saturated heterocycles. The molecule has 2 rings (SSSR count). The van der Waals surface area contributed by atoms with Gasteiger partial charge in [0.15, 0.2) is 0 Å². The first kappa shape index (κ1) is 14.0. The normalized spacial score (nSPS) is 12.1. The van der Waals surface area contributed by atoms with E-state index in [2.05, 4.69) is 4.98 Å². The second-order valence-electron chi connectivity index (χ2n) is 4.46. The number of hydrogen-bond acceptors (Lipinski definition) is 4. The number of aromatic nitrogens is 2. The van der Waals surface area contributed by atoms with Gasteiger partial charge in [-0.05, 0) is 5.56 Å². The van der Waals surface area contributed by atoms with E-state index < -0.39 is 12.0 Å². The molecule has 0 aliphatic heterocycles. The number of carbonyl (C=O) groups excluding carboxylic acids is 1. The van der Waals surface area contributed by atoms with Crippen LogP contribution < -0.4 is 5.73 Å². The van der Waals surface area contributed by atoms with Crippen LogP contribution in [0.3, 0.4) is 0 Å². The number of carbonyl (C=O) groups is 2. The highest BCUT2D eigenvalue weighted by molar-refractivity contribution is 5.82. The van der Waals surface area contributed by atoms with Crippen LogP contribution in [0.1, 0.15) is 16.1 Å². The van der Waals surface area contributed by atoms with Gasteiger partial charge in [-0.15, -0.1) is 0 Å². The predicted octanol–water partition coefficient (Wildman–Crippen LogP) is 0.720. The SMILES string of the molecule is N[C@H](Cc1cncn1C(=O)Cc1ccccc1)C(=O)O. The van der Waals surface area contributed by atoms with Crippen LogP contribution in [-0.4, -0.2) is 32.6 Å². The molecule has 0 bridgehead atoms. The summed E-state index contributed by atoms with van der Waals surface area (Å²) in [5.74, 6) is -1.27. The zero-order valence-corrected chi connectivity index (χ0v) is 10.8. The van der Waals surface area contributed by atoms with Crippen molar-refractivity contribution < 1.29 is 14.7 Å². The first-order chi connectivity index (χ1) is 9.58. The average molecular weight is 273 g/mol. The maximum absolute atomic E-state index is 12.2. The van der Waals surface area contributed by atoms with Crippen LogP contribution in [0.5, 0.6) is 0 Å². The Kier molecular flexibility index (Phi) is 4.27. The van der Waals surface area contributed by atoms with Crippen molar-refractivity contribution in [3.05, 3.63) is 54.1 Å². The Morgan fingerprint density at radius 1 is 1.30 bits per heavy atom. The van der Waals surface area contributed by atoms with Gasteiger partial charge in [0.2, 0.25) is 5.91 Å². The molecule has 1 aromatic carbocycles. The largest absolute Gasteiger partial charge is 0.480 e. The minimum atomic E-state index is -1.10. The molecule has 0 aliphatic carbocycles. The van der Waals surface area contributed by atoms with Gasteiger partial charge in [0.05, 0.1) is 6.42 Å². The molecular weight excluding hydrogens is 258 g/mol. The highest BCUT2D eigenvalue weighted by Crippen LogP contribution is 2.07. The van der Waals surface area contributed by atoms with Gasteiger partial charge < -0.3 is 10.8 Å². The van der Waals surface area contributed by atoms with E-state index in [1.165, 1.54) is 17.1 Å². The molecule has 6 nitrogen and oxygen atoms in total. The summed E-state index contributed by atoms with van der Waals surface area (Å²) in [5.41, 5.74) is 6.87. The molecule has 1 heterocycles. The highest BCUT2D eigenvalue weighted by atomic mass is 16.4. The van der Waals surface area contributed by atoms with Crippen molar-refractivity contribution in [2.75, 3.05) is 0 Å². The number of carboxylic acid groups (broad SMARTS) is 1. The molecular formula is C14H15N3O3. The molecule has 0 amide bonds. The summed E-state index contributed by atoms with van der Waals surface area (Å²) in [6, 6.07) is 8.27. The number of imidazole rings is 1. The Morgan fingerprint density at radius 2 is 2.00 bits per heavy atom. The van der Waals surface area contributed by atoms with Crippen molar-refractivity contribution in [2.45, 2.75) is 18.9 Å². The molecule has 2 aromatic rings. The second kappa shape index (κ2) is 6.12. The number of hydrogen-bond donors (Lipinski definition) is 2. The van der Waals surface area contributed by atoms with Crippen molar-refractivity contribution >= 4 is 11.9 Å². The zero-order valence-electron chi connectivity index (χ0n) is 10.8. The average Bonchev–Trinajstić information content (AvgIpc) is 2.88. The minimum Gasteiger partial charge on any atom is -0.480 e. The third-order valence-corrected chi connectivity index (χ3v) is 2.93. The first-order valence-electron chi connectivity index (χ1n) is 6.14. The van der Waals surface area contributed by atoms with E-state index in [9.17, 15) is 9.59 Å². The lowest BCUT2D eigenvalue weighted by atomic mass is 10.1. The summed E-state index contributed by atoms with van der Waals surface area (Å²) in [5, 5.41) is 8.81.